The molecule has 0 aliphatic heterocycles. The third-order valence-electron chi connectivity index (χ3n) is 4.51. The van der Waals surface area contributed by atoms with Crippen molar-refractivity contribution >= 4 is 12.2 Å². The van der Waals surface area contributed by atoms with Crippen LogP contribution in [-0.2, 0) is 6.67 Å². The van der Waals surface area contributed by atoms with Crippen molar-refractivity contribution in [3.63, 3.8) is 0 Å². The van der Waals surface area contributed by atoms with Crippen molar-refractivity contribution in [2.45, 2.75) is 12.7 Å². The Kier molecular flexibility index (Phi) is 5.41. The van der Waals surface area contributed by atoms with E-state index in [0.29, 0.717) is 17.4 Å². The molecule has 4 aromatic rings. The molecular formula is C22H20N4OS. The first-order chi connectivity index (χ1) is 13.7. The van der Waals surface area contributed by atoms with Gasteiger partial charge in [0.05, 0.1) is 18.4 Å². The summed E-state index contributed by atoms with van der Waals surface area (Å²) in [5, 5.41) is 4.57. The smallest absolute Gasteiger partial charge is 0.288 e. The molecule has 0 radical (unpaired) electrons. The Balaban J connectivity index is 1.65. The zero-order chi connectivity index (χ0) is 19.3. The second-order valence-electron chi connectivity index (χ2n) is 6.50. The Bertz CT molecular complexity index is 1040. The lowest BCUT2D eigenvalue weighted by molar-refractivity contribution is 0.202. The van der Waals surface area contributed by atoms with Gasteiger partial charge in [0.25, 0.3) is 4.84 Å². The molecule has 0 amide bonds. The summed E-state index contributed by atoms with van der Waals surface area (Å²) in [6.45, 7) is 0.477. The van der Waals surface area contributed by atoms with Crippen LogP contribution in [-0.4, -0.2) is 26.7 Å². The standard InChI is InChI=1S/C22H20N4OS/c1-25(16-26-22(28)27-21(24-26)18-12-6-3-7-13-18)20(17-10-4-2-5-11-17)19-14-8-9-15-23-19/h2-15,20H,16H2,1H3/t20-/m0/s1. The van der Waals surface area contributed by atoms with Gasteiger partial charge in [0.2, 0.25) is 5.89 Å². The zero-order valence-corrected chi connectivity index (χ0v) is 16.3. The molecule has 0 fully saturated rings. The van der Waals surface area contributed by atoms with Crippen LogP contribution in [0.2, 0.25) is 0 Å². The summed E-state index contributed by atoms with van der Waals surface area (Å²) in [5.41, 5.74) is 3.02. The number of hydrogen-bond donors (Lipinski definition) is 0. The second-order valence-corrected chi connectivity index (χ2v) is 6.85. The number of rotatable bonds is 6. The average Bonchev–Trinajstić information content (AvgIpc) is 3.11. The van der Waals surface area contributed by atoms with Gasteiger partial charge in [-0.2, -0.15) is 0 Å². The highest BCUT2D eigenvalue weighted by molar-refractivity contribution is 7.71. The normalized spacial score (nSPS) is 12.2. The van der Waals surface area contributed by atoms with Gasteiger partial charge in [-0.1, -0.05) is 54.6 Å². The fraction of sp³-hybridized carbons (Fsp3) is 0.136. The van der Waals surface area contributed by atoms with Gasteiger partial charge in [-0.25, -0.2) is 4.68 Å². The lowest BCUT2D eigenvalue weighted by Gasteiger charge is -2.27. The van der Waals surface area contributed by atoms with Gasteiger partial charge in [0.15, 0.2) is 0 Å². The fourth-order valence-corrected chi connectivity index (χ4v) is 3.39. The minimum atomic E-state index is -0.0267. The lowest BCUT2D eigenvalue weighted by atomic mass is 10.0. The van der Waals surface area contributed by atoms with E-state index in [9.17, 15) is 0 Å². The van der Waals surface area contributed by atoms with Crippen molar-refractivity contribution in [1.82, 2.24) is 19.7 Å². The first kappa shape index (κ1) is 18.3. The van der Waals surface area contributed by atoms with Crippen LogP contribution in [0.25, 0.3) is 11.5 Å². The molecule has 2 aromatic heterocycles. The van der Waals surface area contributed by atoms with E-state index in [0.717, 1.165) is 16.8 Å². The van der Waals surface area contributed by atoms with Crippen LogP contribution in [0.1, 0.15) is 17.3 Å². The molecule has 0 unspecified atom stereocenters. The van der Waals surface area contributed by atoms with E-state index in [-0.39, 0.29) is 6.04 Å². The molecule has 0 aliphatic carbocycles. The lowest BCUT2D eigenvalue weighted by Crippen LogP contribution is -2.29. The van der Waals surface area contributed by atoms with Gasteiger partial charge in [-0.15, -0.1) is 5.10 Å². The second kappa shape index (κ2) is 8.29. The van der Waals surface area contributed by atoms with Crippen molar-refractivity contribution in [2.75, 3.05) is 7.05 Å². The maximum absolute atomic E-state index is 5.72. The summed E-state index contributed by atoms with van der Waals surface area (Å²) < 4.78 is 7.42. The summed E-state index contributed by atoms with van der Waals surface area (Å²) in [6, 6.07) is 26.0. The number of benzene rings is 2. The van der Waals surface area contributed by atoms with Crippen LogP contribution in [0.5, 0.6) is 0 Å². The summed E-state index contributed by atoms with van der Waals surface area (Å²) in [6.07, 6.45) is 1.81. The van der Waals surface area contributed by atoms with Crippen molar-refractivity contribution in [3.8, 4) is 11.5 Å². The third-order valence-corrected chi connectivity index (χ3v) is 4.80. The van der Waals surface area contributed by atoms with Gasteiger partial charge >= 0.3 is 0 Å². The van der Waals surface area contributed by atoms with Crippen LogP contribution in [0.4, 0.5) is 0 Å². The van der Waals surface area contributed by atoms with Crippen LogP contribution in [0, 0.1) is 4.84 Å². The molecular weight excluding hydrogens is 368 g/mol. The number of pyridine rings is 1. The molecule has 0 N–H and O–H groups in total. The van der Waals surface area contributed by atoms with Crippen molar-refractivity contribution in [3.05, 3.63) is 101 Å². The predicted octanol–water partition coefficient (Wildman–Crippen LogP) is 4.95. The van der Waals surface area contributed by atoms with Gasteiger partial charge in [0.1, 0.15) is 0 Å². The Labute approximate surface area is 168 Å². The summed E-state index contributed by atoms with van der Waals surface area (Å²) in [7, 11) is 2.03. The first-order valence-corrected chi connectivity index (χ1v) is 9.42. The van der Waals surface area contributed by atoms with Crippen LogP contribution < -0.4 is 0 Å². The van der Waals surface area contributed by atoms with Crippen LogP contribution >= 0.6 is 12.2 Å². The molecule has 0 aliphatic rings. The summed E-state index contributed by atoms with van der Waals surface area (Å²) >= 11 is 5.40. The van der Waals surface area contributed by atoms with E-state index in [2.05, 4.69) is 27.1 Å². The van der Waals surface area contributed by atoms with E-state index in [4.69, 9.17) is 16.6 Å². The zero-order valence-electron chi connectivity index (χ0n) is 15.5. The molecule has 4 rings (SSSR count). The van der Waals surface area contributed by atoms with Crippen molar-refractivity contribution < 1.29 is 4.42 Å². The van der Waals surface area contributed by atoms with Crippen molar-refractivity contribution in [2.24, 2.45) is 0 Å². The maximum Gasteiger partial charge on any atom is 0.288 e. The minimum Gasteiger partial charge on any atom is -0.409 e. The third kappa shape index (κ3) is 3.93. The minimum absolute atomic E-state index is 0.0267. The van der Waals surface area contributed by atoms with E-state index >= 15 is 0 Å². The number of aromatic nitrogens is 3. The molecule has 0 bridgehead atoms. The quantitative estimate of drug-likeness (QED) is 0.438. The van der Waals surface area contributed by atoms with Gasteiger partial charge in [-0.05, 0) is 49.1 Å². The Hall–Kier alpha value is -3.09. The van der Waals surface area contributed by atoms with Crippen LogP contribution in [0.15, 0.2) is 89.5 Å². The molecule has 0 saturated carbocycles. The molecule has 28 heavy (non-hydrogen) atoms. The van der Waals surface area contributed by atoms with E-state index < -0.39 is 0 Å². The Morgan fingerprint density at radius 1 is 0.964 bits per heavy atom. The van der Waals surface area contributed by atoms with E-state index in [1.54, 1.807) is 4.68 Å². The first-order valence-electron chi connectivity index (χ1n) is 9.02. The molecule has 0 saturated heterocycles. The molecule has 0 spiro atoms. The molecule has 1 atom stereocenters. The van der Waals surface area contributed by atoms with E-state index in [1.807, 2.05) is 80.0 Å². The largest absolute Gasteiger partial charge is 0.409 e. The molecule has 140 valence electrons. The summed E-state index contributed by atoms with van der Waals surface area (Å²) in [5.74, 6) is 0.521. The number of nitrogens with zero attached hydrogens (tertiary/aromatic N) is 4. The highest BCUT2D eigenvalue weighted by Crippen LogP contribution is 2.27. The number of hydrogen-bond acceptors (Lipinski definition) is 5. The molecule has 6 heteroatoms. The fourth-order valence-electron chi connectivity index (χ4n) is 3.21. The topological polar surface area (TPSA) is 47.1 Å². The average molecular weight is 388 g/mol. The Morgan fingerprint density at radius 3 is 2.32 bits per heavy atom. The Morgan fingerprint density at radius 2 is 1.64 bits per heavy atom. The highest BCUT2D eigenvalue weighted by Gasteiger charge is 2.21. The molecule has 5 nitrogen and oxygen atoms in total. The van der Waals surface area contributed by atoms with Crippen LogP contribution in [0.3, 0.4) is 0 Å². The van der Waals surface area contributed by atoms with Gasteiger partial charge < -0.3 is 4.42 Å². The van der Waals surface area contributed by atoms with Gasteiger partial charge in [-0.3, -0.25) is 9.88 Å². The van der Waals surface area contributed by atoms with E-state index in [1.165, 1.54) is 0 Å². The summed E-state index contributed by atoms with van der Waals surface area (Å²) in [4.78, 5) is 7.08. The molecule has 2 aromatic carbocycles. The SMILES string of the molecule is CN(Cn1nc(-c2ccccc2)oc1=S)[C@@H](c1ccccc1)c1ccccn1. The maximum atomic E-state index is 5.72. The monoisotopic (exact) mass is 388 g/mol. The van der Waals surface area contributed by atoms with Crippen molar-refractivity contribution in [1.29, 1.82) is 0 Å². The molecule has 2 heterocycles. The van der Waals surface area contributed by atoms with Gasteiger partial charge in [0, 0.05) is 11.8 Å². The highest BCUT2D eigenvalue weighted by atomic mass is 32.1. The predicted molar refractivity (Wildman–Crippen MR) is 111 cm³/mol.